The number of carbonyl (C=O) groups is 1. The van der Waals surface area contributed by atoms with Gasteiger partial charge >= 0.3 is 0 Å². The number of aromatic nitrogens is 1. The SMILES string of the molecule is NC(=O)c1cn2c3c(cccc3c1=O)CSC2. The van der Waals surface area contributed by atoms with Crippen molar-refractivity contribution in [1.82, 2.24) is 4.57 Å². The van der Waals surface area contributed by atoms with E-state index in [2.05, 4.69) is 0 Å². The summed E-state index contributed by atoms with van der Waals surface area (Å²) in [6.07, 6.45) is 1.57. The fraction of sp³-hybridized carbons (Fsp3) is 0.167. The maximum Gasteiger partial charge on any atom is 0.254 e. The maximum absolute atomic E-state index is 12.1. The van der Waals surface area contributed by atoms with Gasteiger partial charge < -0.3 is 10.3 Å². The second-order valence-corrected chi connectivity index (χ2v) is 4.95. The average molecular weight is 246 g/mol. The van der Waals surface area contributed by atoms with Crippen molar-refractivity contribution in [3.63, 3.8) is 0 Å². The van der Waals surface area contributed by atoms with Crippen molar-refractivity contribution in [3.8, 4) is 0 Å². The van der Waals surface area contributed by atoms with Gasteiger partial charge in [0.2, 0.25) is 5.43 Å². The van der Waals surface area contributed by atoms with Crippen LogP contribution in [0.15, 0.2) is 29.2 Å². The lowest BCUT2D eigenvalue weighted by atomic mass is 10.1. The highest BCUT2D eigenvalue weighted by atomic mass is 32.2. The molecule has 2 aromatic rings. The molecule has 5 heteroatoms. The minimum atomic E-state index is -0.665. The minimum Gasteiger partial charge on any atom is -0.365 e. The summed E-state index contributed by atoms with van der Waals surface area (Å²) in [6, 6.07) is 5.61. The van der Waals surface area contributed by atoms with Crippen molar-refractivity contribution >= 4 is 28.6 Å². The largest absolute Gasteiger partial charge is 0.365 e. The summed E-state index contributed by atoms with van der Waals surface area (Å²) in [6.45, 7) is 0. The van der Waals surface area contributed by atoms with Crippen LogP contribution >= 0.6 is 11.8 Å². The number of hydrogen-bond acceptors (Lipinski definition) is 3. The van der Waals surface area contributed by atoms with Crippen molar-refractivity contribution in [2.45, 2.75) is 11.6 Å². The summed E-state index contributed by atoms with van der Waals surface area (Å²) in [5.74, 6) is 0.974. The maximum atomic E-state index is 12.1. The molecule has 1 amide bonds. The molecule has 86 valence electrons. The summed E-state index contributed by atoms with van der Waals surface area (Å²) in [5, 5.41) is 0.583. The minimum absolute atomic E-state index is 0.0668. The number of amides is 1. The molecular weight excluding hydrogens is 236 g/mol. The summed E-state index contributed by atoms with van der Waals surface area (Å²) >= 11 is 1.75. The van der Waals surface area contributed by atoms with Gasteiger partial charge in [-0.05, 0) is 11.6 Å². The van der Waals surface area contributed by atoms with Gasteiger partial charge in [0, 0.05) is 17.3 Å². The second-order valence-electron chi connectivity index (χ2n) is 4.00. The lowest BCUT2D eigenvalue weighted by molar-refractivity contribution is 0.0999. The van der Waals surface area contributed by atoms with Crippen molar-refractivity contribution in [3.05, 3.63) is 45.7 Å². The monoisotopic (exact) mass is 246 g/mol. The highest BCUT2D eigenvalue weighted by Gasteiger charge is 2.17. The number of rotatable bonds is 1. The third-order valence-electron chi connectivity index (χ3n) is 2.93. The molecule has 0 bridgehead atoms. The quantitative estimate of drug-likeness (QED) is 0.825. The Morgan fingerprint density at radius 1 is 1.41 bits per heavy atom. The Balaban J connectivity index is 2.51. The molecule has 17 heavy (non-hydrogen) atoms. The van der Waals surface area contributed by atoms with Gasteiger partial charge in [0.05, 0.1) is 11.4 Å². The molecule has 0 fully saturated rings. The number of primary amides is 1. The molecule has 2 N–H and O–H groups in total. The zero-order valence-corrected chi connectivity index (χ0v) is 9.79. The van der Waals surface area contributed by atoms with E-state index in [1.54, 1.807) is 24.0 Å². The number of carbonyl (C=O) groups excluding carboxylic acids is 1. The van der Waals surface area contributed by atoms with Crippen LogP contribution in [-0.4, -0.2) is 10.5 Å². The molecule has 0 radical (unpaired) electrons. The third-order valence-corrected chi connectivity index (χ3v) is 3.91. The lowest BCUT2D eigenvalue weighted by Crippen LogP contribution is -2.25. The molecule has 4 nitrogen and oxygen atoms in total. The van der Waals surface area contributed by atoms with Crippen molar-refractivity contribution in [2.24, 2.45) is 5.73 Å². The van der Waals surface area contributed by atoms with Gasteiger partial charge in [0.1, 0.15) is 5.56 Å². The average Bonchev–Trinajstić information content (AvgIpc) is 2.33. The highest BCUT2D eigenvalue weighted by molar-refractivity contribution is 7.97. The molecule has 0 aliphatic carbocycles. The molecular formula is C12H10N2O2S. The Kier molecular flexibility index (Phi) is 2.22. The number of nitrogens with zero attached hydrogens (tertiary/aromatic N) is 1. The van der Waals surface area contributed by atoms with Crippen molar-refractivity contribution in [1.29, 1.82) is 0 Å². The van der Waals surface area contributed by atoms with Gasteiger partial charge in [-0.3, -0.25) is 9.59 Å². The summed E-state index contributed by atoms with van der Waals surface area (Å²) in [5.41, 5.74) is 7.09. The molecule has 1 aliphatic heterocycles. The fourth-order valence-electron chi connectivity index (χ4n) is 2.19. The lowest BCUT2D eigenvalue weighted by Gasteiger charge is -2.19. The normalized spacial score (nSPS) is 13.9. The van der Waals surface area contributed by atoms with E-state index >= 15 is 0 Å². The zero-order chi connectivity index (χ0) is 12.0. The molecule has 1 aromatic carbocycles. The van der Waals surface area contributed by atoms with Gasteiger partial charge in [0.25, 0.3) is 5.91 Å². The Hall–Kier alpha value is -1.75. The molecule has 0 saturated carbocycles. The molecule has 0 unspecified atom stereocenters. The molecule has 2 heterocycles. The number of nitrogens with two attached hydrogens (primary N) is 1. The van der Waals surface area contributed by atoms with E-state index in [0.717, 1.165) is 22.7 Å². The van der Waals surface area contributed by atoms with E-state index < -0.39 is 5.91 Å². The first-order valence-corrected chi connectivity index (χ1v) is 6.36. The number of para-hydroxylation sites is 1. The smallest absolute Gasteiger partial charge is 0.254 e. The number of benzene rings is 1. The first-order chi connectivity index (χ1) is 8.18. The van der Waals surface area contributed by atoms with E-state index in [1.165, 1.54) is 0 Å². The van der Waals surface area contributed by atoms with Gasteiger partial charge in [-0.15, -0.1) is 11.8 Å². The van der Waals surface area contributed by atoms with Crippen LogP contribution in [0.3, 0.4) is 0 Å². The van der Waals surface area contributed by atoms with E-state index in [9.17, 15) is 9.59 Å². The summed E-state index contributed by atoms with van der Waals surface area (Å²) in [7, 11) is 0. The Bertz CT molecular complexity index is 691. The Morgan fingerprint density at radius 2 is 2.24 bits per heavy atom. The Morgan fingerprint density at radius 3 is 3.00 bits per heavy atom. The van der Waals surface area contributed by atoms with E-state index in [0.29, 0.717) is 5.39 Å². The topological polar surface area (TPSA) is 65.1 Å². The van der Waals surface area contributed by atoms with Crippen LogP contribution in [0.1, 0.15) is 15.9 Å². The van der Waals surface area contributed by atoms with E-state index in [1.807, 2.05) is 16.7 Å². The van der Waals surface area contributed by atoms with Crippen LogP contribution in [0.5, 0.6) is 0 Å². The van der Waals surface area contributed by atoms with E-state index in [4.69, 9.17) is 5.73 Å². The predicted molar refractivity (Wildman–Crippen MR) is 68.0 cm³/mol. The second kappa shape index (κ2) is 3.63. The van der Waals surface area contributed by atoms with Crippen LogP contribution in [0.4, 0.5) is 0 Å². The van der Waals surface area contributed by atoms with Gasteiger partial charge in [-0.2, -0.15) is 0 Å². The van der Waals surface area contributed by atoms with Crippen LogP contribution in [0.2, 0.25) is 0 Å². The standard InChI is InChI=1S/C12H10N2O2S/c13-12(16)9-4-14-6-17-5-7-2-1-3-8(10(7)14)11(9)15/h1-4H,5-6H2,(H2,13,16). The van der Waals surface area contributed by atoms with Crippen LogP contribution in [-0.2, 0) is 11.6 Å². The molecule has 0 spiro atoms. The zero-order valence-electron chi connectivity index (χ0n) is 8.97. The molecule has 1 aliphatic rings. The van der Waals surface area contributed by atoms with Crippen LogP contribution in [0, 0.1) is 0 Å². The summed E-state index contributed by atoms with van der Waals surface area (Å²) < 4.78 is 1.93. The molecule has 0 atom stereocenters. The number of thioether (sulfide) groups is 1. The first-order valence-electron chi connectivity index (χ1n) is 5.21. The van der Waals surface area contributed by atoms with Gasteiger partial charge in [0.15, 0.2) is 0 Å². The molecule has 0 saturated heterocycles. The van der Waals surface area contributed by atoms with Crippen molar-refractivity contribution in [2.75, 3.05) is 0 Å². The van der Waals surface area contributed by atoms with Gasteiger partial charge in [-0.1, -0.05) is 12.1 Å². The van der Waals surface area contributed by atoms with Crippen molar-refractivity contribution < 1.29 is 4.79 Å². The van der Waals surface area contributed by atoms with E-state index in [-0.39, 0.29) is 11.0 Å². The number of pyridine rings is 1. The molecule has 3 rings (SSSR count). The van der Waals surface area contributed by atoms with Crippen LogP contribution in [0.25, 0.3) is 10.9 Å². The fourth-order valence-corrected chi connectivity index (χ4v) is 3.13. The highest BCUT2D eigenvalue weighted by Crippen LogP contribution is 2.28. The van der Waals surface area contributed by atoms with Crippen LogP contribution < -0.4 is 11.2 Å². The Labute approximate surface area is 101 Å². The number of hydrogen-bond donors (Lipinski definition) is 1. The summed E-state index contributed by atoms with van der Waals surface area (Å²) in [4.78, 5) is 23.3. The van der Waals surface area contributed by atoms with Gasteiger partial charge in [-0.25, -0.2) is 0 Å². The molecule has 1 aromatic heterocycles. The predicted octanol–water partition coefficient (Wildman–Crippen LogP) is 1.30. The first kappa shape index (κ1) is 10.4. The third kappa shape index (κ3) is 1.46.